The van der Waals surface area contributed by atoms with Gasteiger partial charge in [0.25, 0.3) is 17.4 Å². The molecule has 1 saturated carbocycles. The van der Waals surface area contributed by atoms with Crippen LogP contribution in [-0.4, -0.2) is 92.8 Å². The van der Waals surface area contributed by atoms with Crippen molar-refractivity contribution in [3.8, 4) is 5.75 Å². The molecule has 49 heavy (non-hydrogen) atoms. The number of rotatable bonds is 11. The summed E-state index contributed by atoms with van der Waals surface area (Å²) in [5, 5.41) is 30.2. The molecule has 0 spiro atoms. The number of amides is 2. The van der Waals surface area contributed by atoms with E-state index in [2.05, 4.69) is 25.1 Å². The largest absolute Gasteiger partial charge is 0.485 e. The lowest BCUT2D eigenvalue weighted by Crippen LogP contribution is -2.76. The fourth-order valence-electron chi connectivity index (χ4n) is 5.88. The van der Waals surface area contributed by atoms with E-state index in [0.717, 1.165) is 42.6 Å². The van der Waals surface area contributed by atoms with Crippen molar-refractivity contribution in [1.29, 1.82) is 5.41 Å². The van der Waals surface area contributed by atoms with E-state index in [0.29, 0.717) is 22.8 Å². The molecule has 2 amide bonds. The first kappa shape index (κ1) is 35.9. The summed E-state index contributed by atoms with van der Waals surface area (Å²) >= 11 is 0.964. The molecule has 1 aromatic heterocycles. The van der Waals surface area contributed by atoms with E-state index < -0.39 is 57.2 Å². The summed E-state index contributed by atoms with van der Waals surface area (Å²) in [6.07, 6.45) is 3.08. The van der Waals surface area contributed by atoms with Crippen LogP contribution < -0.4 is 26.8 Å². The van der Waals surface area contributed by atoms with Crippen LogP contribution in [0.25, 0.3) is 0 Å². The van der Waals surface area contributed by atoms with Crippen LogP contribution in [0.1, 0.15) is 69.7 Å². The van der Waals surface area contributed by atoms with Gasteiger partial charge < -0.3 is 36.8 Å². The zero-order chi connectivity index (χ0) is 35.9. The number of aliphatic carboxylic acids is 1. The van der Waals surface area contributed by atoms with Crippen molar-refractivity contribution in [2.45, 2.75) is 94.7 Å². The van der Waals surface area contributed by atoms with Crippen LogP contribution in [0.4, 0.5) is 5.13 Å². The van der Waals surface area contributed by atoms with Gasteiger partial charge in [-0.3, -0.25) is 19.6 Å². The molecule has 0 unspecified atom stereocenters. The number of nitrogens with two attached hydrogens (primary N) is 2. The molecule has 266 valence electrons. The van der Waals surface area contributed by atoms with Crippen LogP contribution in [0.15, 0.2) is 28.7 Å². The molecule has 2 aromatic rings. The molecule has 0 radical (unpaired) electrons. The average Bonchev–Trinajstić information content (AvgIpc) is 3.47. The van der Waals surface area contributed by atoms with Crippen molar-refractivity contribution in [2.75, 3.05) is 5.73 Å². The molecule has 3 atom stereocenters. The van der Waals surface area contributed by atoms with Gasteiger partial charge in [-0.1, -0.05) is 5.16 Å². The Hall–Kier alpha value is -4.37. The number of benzene rings is 1. The number of carbonyl (C=O) groups is 3. The Morgan fingerprint density at radius 1 is 1.22 bits per heavy atom. The maximum absolute atomic E-state index is 13.5. The molecule has 5 rings (SSSR count). The van der Waals surface area contributed by atoms with Crippen molar-refractivity contribution in [2.24, 2.45) is 10.9 Å². The number of oxime groups is 1. The fraction of sp³-hybridized carbons (Fsp3) is 0.517. The summed E-state index contributed by atoms with van der Waals surface area (Å²) in [6, 6.07) is 4.22. The molecular weight excluding hydrogens is 684 g/mol. The Balaban J connectivity index is 1.32. The van der Waals surface area contributed by atoms with Crippen molar-refractivity contribution in [3.05, 3.63) is 40.4 Å². The molecule has 2 aliphatic heterocycles. The molecule has 1 aliphatic carbocycles. The Bertz CT molecular complexity index is 1790. The first-order chi connectivity index (χ1) is 22.9. The third-order valence-corrected chi connectivity index (χ3v) is 9.89. The second-order valence-electron chi connectivity index (χ2n) is 12.8. The summed E-state index contributed by atoms with van der Waals surface area (Å²) in [4.78, 5) is 48.3. The average molecular weight is 723 g/mol. The SMILES string of the molecule is CC1(C)[C@H](NC(=O)/C(=N\O[C@](C)(C(=O)O)[C@H]2CCc3cc(C(=N)NC4CCC(N)CC4)ccc3O2)c2csc(N)n2)C(=O)N1OS(=O)(=O)O. The maximum Gasteiger partial charge on any atom is 0.418 e. The van der Waals surface area contributed by atoms with E-state index in [4.69, 9.17) is 31.0 Å². The summed E-state index contributed by atoms with van der Waals surface area (Å²) in [5.74, 6) is -2.77. The van der Waals surface area contributed by atoms with Gasteiger partial charge in [-0.05, 0) is 83.1 Å². The van der Waals surface area contributed by atoms with Crippen LogP contribution in [0.3, 0.4) is 0 Å². The molecule has 1 aromatic carbocycles. The molecule has 3 heterocycles. The lowest BCUT2D eigenvalue weighted by Gasteiger charge is -2.50. The smallest absolute Gasteiger partial charge is 0.418 e. The Morgan fingerprint density at radius 2 is 1.92 bits per heavy atom. The van der Waals surface area contributed by atoms with Gasteiger partial charge in [0.1, 0.15) is 23.3 Å². The first-order valence-corrected chi connectivity index (χ1v) is 17.6. The molecule has 9 N–H and O–H groups in total. The van der Waals surface area contributed by atoms with Gasteiger partial charge in [0.2, 0.25) is 0 Å². The lowest BCUT2D eigenvalue weighted by molar-refractivity contribution is -0.218. The highest BCUT2D eigenvalue weighted by Crippen LogP contribution is 2.35. The third-order valence-electron chi connectivity index (χ3n) is 8.88. The highest BCUT2D eigenvalue weighted by atomic mass is 32.3. The highest BCUT2D eigenvalue weighted by Gasteiger charge is 2.58. The number of hydrogen-bond donors (Lipinski definition) is 7. The van der Waals surface area contributed by atoms with E-state index in [1.165, 1.54) is 26.2 Å². The van der Waals surface area contributed by atoms with Crippen LogP contribution in [0, 0.1) is 5.41 Å². The predicted molar refractivity (Wildman–Crippen MR) is 175 cm³/mol. The van der Waals surface area contributed by atoms with Crippen molar-refractivity contribution >= 4 is 56.2 Å². The second kappa shape index (κ2) is 13.5. The second-order valence-corrected chi connectivity index (χ2v) is 14.7. The minimum absolute atomic E-state index is 0.0575. The highest BCUT2D eigenvalue weighted by molar-refractivity contribution is 7.80. The summed E-state index contributed by atoms with van der Waals surface area (Å²) in [5.41, 5.74) is 9.03. The Labute approximate surface area is 285 Å². The topological polar surface area (TPSA) is 282 Å². The first-order valence-electron chi connectivity index (χ1n) is 15.3. The quantitative estimate of drug-likeness (QED) is 0.0553. The van der Waals surface area contributed by atoms with Gasteiger partial charge in [-0.25, -0.2) is 9.78 Å². The van der Waals surface area contributed by atoms with E-state index >= 15 is 0 Å². The van der Waals surface area contributed by atoms with Gasteiger partial charge in [0, 0.05) is 23.0 Å². The van der Waals surface area contributed by atoms with Crippen molar-refractivity contribution in [1.82, 2.24) is 20.7 Å². The summed E-state index contributed by atoms with van der Waals surface area (Å²) in [7, 11) is -5.03. The molecule has 0 bridgehead atoms. The number of carbonyl (C=O) groups excluding carboxylic acids is 2. The van der Waals surface area contributed by atoms with Crippen LogP contribution in [0.2, 0.25) is 0 Å². The van der Waals surface area contributed by atoms with E-state index in [1.807, 2.05) is 6.07 Å². The summed E-state index contributed by atoms with van der Waals surface area (Å²) in [6.45, 7) is 3.98. The predicted octanol–water partition coefficient (Wildman–Crippen LogP) is 0.708. The third kappa shape index (κ3) is 7.62. The number of anilines is 1. The number of fused-ring (bicyclic) bond motifs is 1. The Morgan fingerprint density at radius 3 is 2.51 bits per heavy atom. The number of amidine groups is 1. The molecule has 20 heteroatoms. The monoisotopic (exact) mass is 722 g/mol. The number of ether oxygens (including phenoxy) is 1. The number of aryl methyl sites for hydroxylation is 1. The van der Waals surface area contributed by atoms with Crippen LogP contribution in [0.5, 0.6) is 5.75 Å². The number of carboxylic acid groups (broad SMARTS) is 1. The summed E-state index contributed by atoms with van der Waals surface area (Å²) < 4.78 is 41.7. The molecule has 3 aliphatic rings. The number of β-lactam (4-membered cyclic amide) rings is 1. The number of nitrogen functional groups attached to an aromatic ring is 1. The van der Waals surface area contributed by atoms with E-state index in [1.54, 1.807) is 12.1 Å². The number of nitrogens with one attached hydrogen (secondary N) is 3. The number of thiazole rings is 1. The zero-order valence-corrected chi connectivity index (χ0v) is 28.5. The number of hydroxylamine groups is 2. The standard InChI is InChI=1S/C29H38N8O10S2/c1-28(2)22(25(39)37(28)47-49(42,43)44)35-24(38)21(18-13-48-27(32)34-18)36-46-29(3,26(40)41)20-11-5-14-12-15(4-10-19(14)45-20)23(31)33-17-8-6-16(30)7-9-17/h4,10,12-13,16-17,20,22H,5-9,11,30H2,1-3H3,(H2,31,33)(H2,32,34)(H,35,38)(H,40,41)(H,42,43,44)/b36-21-/t16?,17?,20-,22-,29+/m1/s1. The van der Waals surface area contributed by atoms with Crippen LogP contribution in [-0.2, 0) is 40.3 Å². The number of aromatic nitrogens is 1. The van der Waals surface area contributed by atoms with Gasteiger partial charge in [0.15, 0.2) is 16.9 Å². The van der Waals surface area contributed by atoms with Gasteiger partial charge in [0.05, 0.1) is 5.54 Å². The Kier molecular flexibility index (Phi) is 9.90. The van der Waals surface area contributed by atoms with Gasteiger partial charge >= 0.3 is 16.4 Å². The molecular formula is C29H38N8O10S2. The number of carboxylic acids is 1. The fourth-order valence-corrected chi connectivity index (χ4v) is 6.88. The van der Waals surface area contributed by atoms with Crippen LogP contribution >= 0.6 is 11.3 Å². The minimum Gasteiger partial charge on any atom is -0.485 e. The minimum atomic E-state index is -5.03. The van der Waals surface area contributed by atoms with E-state index in [-0.39, 0.29) is 35.2 Å². The molecule has 2 fully saturated rings. The normalized spacial score (nSPS) is 24.8. The maximum atomic E-state index is 13.5. The molecule has 1 saturated heterocycles. The van der Waals surface area contributed by atoms with Gasteiger partial charge in [-0.15, -0.1) is 15.6 Å². The van der Waals surface area contributed by atoms with Crippen molar-refractivity contribution < 1.29 is 46.3 Å². The van der Waals surface area contributed by atoms with Gasteiger partial charge in [-0.2, -0.15) is 13.5 Å². The lowest BCUT2D eigenvalue weighted by atomic mass is 9.84. The van der Waals surface area contributed by atoms with Crippen molar-refractivity contribution in [3.63, 3.8) is 0 Å². The molecule has 18 nitrogen and oxygen atoms in total. The zero-order valence-electron chi connectivity index (χ0n) is 26.8. The number of nitrogens with zero attached hydrogens (tertiary/aromatic N) is 3. The number of hydrogen-bond acceptors (Lipinski definition) is 14. The van der Waals surface area contributed by atoms with E-state index in [9.17, 15) is 27.9 Å².